The second kappa shape index (κ2) is 20.7. The predicted molar refractivity (Wildman–Crippen MR) is 120 cm³/mol. The quantitative estimate of drug-likeness (QED) is 0.192. The molecule has 0 rings (SSSR count). The molecule has 2 amide bonds. The number of carbonyl (C=O) groups is 2. The summed E-state index contributed by atoms with van der Waals surface area (Å²) in [4.78, 5) is 24.4. The van der Waals surface area contributed by atoms with Gasteiger partial charge >= 0.3 is 0 Å². The van der Waals surface area contributed by atoms with Crippen LogP contribution in [0.15, 0.2) is 0 Å². The second-order valence-electron chi connectivity index (χ2n) is 8.12. The molecule has 1 unspecified atom stereocenters. The highest BCUT2D eigenvalue weighted by molar-refractivity contribution is 6.00. The second-order valence-corrected chi connectivity index (χ2v) is 8.12. The van der Waals surface area contributed by atoms with Crippen LogP contribution < -0.4 is 10.6 Å². The number of rotatable bonds is 20. The van der Waals surface area contributed by atoms with E-state index in [0.717, 1.165) is 19.3 Å². The number of carbonyl (C=O) groups excluding carboxylic acids is 2. The fourth-order valence-corrected chi connectivity index (χ4v) is 3.59. The minimum absolute atomic E-state index is 0.109. The summed E-state index contributed by atoms with van der Waals surface area (Å²) < 4.78 is 0. The molecule has 4 nitrogen and oxygen atoms in total. The molecule has 0 aromatic rings. The van der Waals surface area contributed by atoms with Crippen molar-refractivity contribution in [1.82, 2.24) is 10.6 Å². The van der Waals surface area contributed by atoms with Crippen LogP contribution in [-0.2, 0) is 9.59 Å². The number of hydrogen-bond acceptors (Lipinski definition) is 2. The van der Waals surface area contributed by atoms with Crippen LogP contribution in [0.2, 0.25) is 0 Å². The van der Waals surface area contributed by atoms with Gasteiger partial charge in [-0.15, -0.1) is 0 Å². The van der Waals surface area contributed by atoms with Crippen molar-refractivity contribution in [3.63, 3.8) is 0 Å². The Labute approximate surface area is 175 Å². The number of unbranched alkanes of at least 4 members (excludes halogenated alkanes) is 13. The minimum atomic E-state index is -0.524. The third kappa shape index (κ3) is 15.9. The maximum Gasteiger partial charge on any atom is 0.232 e. The van der Waals surface area contributed by atoms with E-state index in [4.69, 9.17) is 0 Å². The topological polar surface area (TPSA) is 58.2 Å². The smallest absolute Gasteiger partial charge is 0.232 e. The Morgan fingerprint density at radius 1 is 0.571 bits per heavy atom. The lowest BCUT2D eigenvalue weighted by atomic mass is 9.98. The van der Waals surface area contributed by atoms with E-state index >= 15 is 0 Å². The van der Waals surface area contributed by atoms with Gasteiger partial charge in [-0.25, -0.2) is 0 Å². The van der Waals surface area contributed by atoms with E-state index in [1.807, 2.05) is 13.8 Å². The van der Waals surface area contributed by atoms with Crippen LogP contribution in [0, 0.1) is 5.92 Å². The molecular formula is C24H48N2O2. The zero-order valence-electron chi connectivity index (χ0n) is 19.1. The lowest BCUT2D eigenvalue weighted by molar-refractivity contribution is -0.135. The monoisotopic (exact) mass is 396 g/mol. The molecular weight excluding hydrogens is 348 g/mol. The van der Waals surface area contributed by atoms with Crippen LogP contribution in [0.5, 0.6) is 0 Å². The summed E-state index contributed by atoms with van der Waals surface area (Å²) in [6.07, 6.45) is 20.0. The first-order valence-electron chi connectivity index (χ1n) is 12.2. The van der Waals surface area contributed by atoms with Crippen LogP contribution in [0.1, 0.15) is 124 Å². The summed E-state index contributed by atoms with van der Waals surface area (Å²) >= 11 is 0. The van der Waals surface area contributed by atoms with Crippen molar-refractivity contribution >= 4 is 11.8 Å². The Morgan fingerprint density at radius 2 is 1.00 bits per heavy atom. The third-order valence-corrected chi connectivity index (χ3v) is 5.38. The van der Waals surface area contributed by atoms with Crippen molar-refractivity contribution in [1.29, 1.82) is 0 Å². The van der Waals surface area contributed by atoms with Gasteiger partial charge < -0.3 is 10.6 Å². The maximum atomic E-state index is 12.2. The van der Waals surface area contributed by atoms with Crippen molar-refractivity contribution in [2.75, 3.05) is 13.1 Å². The molecule has 0 aromatic carbocycles. The van der Waals surface area contributed by atoms with E-state index < -0.39 is 5.92 Å². The molecule has 0 spiro atoms. The van der Waals surface area contributed by atoms with Crippen molar-refractivity contribution in [3.05, 3.63) is 0 Å². The highest BCUT2D eigenvalue weighted by Gasteiger charge is 2.25. The molecule has 4 heteroatoms. The predicted octanol–water partition coefficient (Wildman–Crippen LogP) is 6.14. The van der Waals surface area contributed by atoms with Gasteiger partial charge in [-0.2, -0.15) is 0 Å². The van der Waals surface area contributed by atoms with Gasteiger partial charge in [0.1, 0.15) is 5.92 Å². The van der Waals surface area contributed by atoms with Crippen molar-refractivity contribution in [2.24, 2.45) is 5.92 Å². The summed E-state index contributed by atoms with van der Waals surface area (Å²) in [5, 5.41) is 5.67. The lowest BCUT2D eigenvalue weighted by Gasteiger charge is -2.16. The molecule has 0 bridgehead atoms. The van der Waals surface area contributed by atoms with Crippen LogP contribution >= 0.6 is 0 Å². The average molecular weight is 397 g/mol. The van der Waals surface area contributed by atoms with Crippen LogP contribution in [-0.4, -0.2) is 24.9 Å². The van der Waals surface area contributed by atoms with E-state index in [2.05, 4.69) is 17.6 Å². The summed E-state index contributed by atoms with van der Waals surface area (Å²) in [5.74, 6) is -0.753. The summed E-state index contributed by atoms with van der Waals surface area (Å²) in [5.41, 5.74) is 0. The van der Waals surface area contributed by atoms with Crippen LogP contribution in [0.3, 0.4) is 0 Å². The van der Waals surface area contributed by atoms with Crippen LogP contribution in [0.25, 0.3) is 0 Å². The molecule has 0 saturated carbocycles. The lowest BCUT2D eigenvalue weighted by Crippen LogP contribution is -2.41. The van der Waals surface area contributed by atoms with Gasteiger partial charge in [0, 0.05) is 13.1 Å². The number of nitrogens with one attached hydrogen (secondary N) is 2. The first-order chi connectivity index (χ1) is 13.7. The van der Waals surface area contributed by atoms with Gasteiger partial charge in [0.15, 0.2) is 0 Å². The Morgan fingerprint density at radius 3 is 1.43 bits per heavy atom. The Balaban J connectivity index is 3.66. The van der Waals surface area contributed by atoms with Gasteiger partial charge in [-0.05, 0) is 19.8 Å². The standard InChI is InChI=1S/C24H48N2O2/c1-4-7-8-9-10-11-12-13-14-15-16-17-18-19-20-22(23(27)25-6-3)24(28)26-21-5-2/h22H,4-21H2,1-3H3,(H,25,27)(H,26,28). The Kier molecular flexibility index (Phi) is 19.9. The van der Waals surface area contributed by atoms with Gasteiger partial charge in [0.05, 0.1) is 0 Å². The van der Waals surface area contributed by atoms with Crippen molar-refractivity contribution in [3.8, 4) is 0 Å². The molecule has 28 heavy (non-hydrogen) atoms. The maximum absolute atomic E-state index is 12.2. The minimum Gasteiger partial charge on any atom is -0.356 e. The summed E-state index contributed by atoms with van der Waals surface area (Å²) in [6.45, 7) is 7.41. The zero-order valence-corrected chi connectivity index (χ0v) is 19.1. The fraction of sp³-hybridized carbons (Fsp3) is 0.917. The van der Waals surface area contributed by atoms with Gasteiger partial charge in [0.25, 0.3) is 0 Å². The first-order valence-corrected chi connectivity index (χ1v) is 12.2. The molecule has 2 N–H and O–H groups in total. The number of amides is 2. The molecule has 0 saturated heterocycles. The first kappa shape index (κ1) is 26.9. The molecule has 0 fully saturated rings. The van der Waals surface area contributed by atoms with Gasteiger partial charge in [0.2, 0.25) is 11.8 Å². The Bertz CT molecular complexity index is 372. The SMILES string of the molecule is CCCCCCCCCCCCCCCCC(C(=O)NCC)C(=O)NCCC. The molecule has 0 radical (unpaired) electrons. The number of hydrogen-bond donors (Lipinski definition) is 2. The molecule has 166 valence electrons. The normalized spacial score (nSPS) is 12.0. The van der Waals surface area contributed by atoms with Gasteiger partial charge in [-0.3, -0.25) is 9.59 Å². The molecule has 0 aliphatic rings. The molecule has 0 heterocycles. The van der Waals surface area contributed by atoms with E-state index in [1.54, 1.807) is 0 Å². The molecule has 0 aromatic heterocycles. The van der Waals surface area contributed by atoms with Crippen LogP contribution in [0.4, 0.5) is 0 Å². The highest BCUT2D eigenvalue weighted by atomic mass is 16.2. The molecule has 1 atom stereocenters. The highest BCUT2D eigenvalue weighted by Crippen LogP contribution is 2.15. The zero-order chi connectivity index (χ0) is 20.9. The van der Waals surface area contributed by atoms with Gasteiger partial charge in [-0.1, -0.05) is 104 Å². The van der Waals surface area contributed by atoms with E-state index in [9.17, 15) is 9.59 Å². The van der Waals surface area contributed by atoms with E-state index in [0.29, 0.717) is 19.5 Å². The Hall–Kier alpha value is -1.06. The summed E-state index contributed by atoms with van der Waals surface area (Å²) in [7, 11) is 0. The molecule has 0 aliphatic carbocycles. The van der Waals surface area contributed by atoms with Crippen molar-refractivity contribution in [2.45, 2.75) is 124 Å². The van der Waals surface area contributed by atoms with Crippen molar-refractivity contribution < 1.29 is 9.59 Å². The third-order valence-electron chi connectivity index (χ3n) is 5.38. The fourth-order valence-electron chi connectivity index (χ4n) is 3.59. The van der Waals surface area contributed by atoms with E-state index in [-0.39, 0.29) is 11.8 Å². The molecule has 0 aliphatic heterocycles. The van der Waals surface area contributed by atoms with E-state index in [1.165, 1.54) is 77.0 Å². The summed E-state index contributed by atoms with van der Waals surface area (Å²) in [6, 6.07) is 0. The average Bonchev–Trinajstić information content (AvgIpc) is 2.69. The largest absolute Gasteiger partial charge is 0.356 e.